The summed E-state index contributed by atoms with van der Waals surface area (Å²) >= 11 is 0. The van der Waals surface area contributed by atoms with Crippen molar-refractivity contribution in [3.05, 3.63) is 71.2 Å². The molecule has 0 atom stereocenters. The van der Waals surface area contributed by atoms with E-state index in [1.807, 2.05) is 0 Å². The number of nitrogens with one attached hydrogen (secondary N) is 1. The zero-order chi connectivity index (χ0) is 24.1. The van der Waals surface area contributed by atoms with Gasteiger partial charge in [0.1, 0.15) is 0 Å². The molecule has 12 heteroatoms. The summed E-state index contributed by atoms with van der Waals surface area (Å²) in [7, 11) is 0. The van der Waals surface area contributed by atoms with E-state index in [-0.39, 0.29) is 11.6 Å². The molecule has 0 bridgehead atoms. The van der Waals surface area contributed by atoms with Crippen LogP contribution in [-0.4, -0.2) is 22.9 Å². The van der Waals surface area contributed by atoms with Crippen LogP contribution < -0.4 is 11.2 Å². The van der Waals surface area contributed by atoms with Crippen LogP contribution >= 0.6 is 0 Å². The van der Waals surface area contributed by atoms with Crippen molar-refractivity contribution in [3.63, 3.8) is 0 Å². The molecule has 0 unspecified atom stereocenters. The lowest BCUT2D eigenvalue weighted by atomic mass is 10.0. The molecule has 0 aliphatic rings. The first-order valence-corrected chi connectivity index (χ1v) is 8.99. The summed E-state index contributed by atoms with van der Waals surface area (Å²) in [6.07, 6.45) is -6.63. The van der Waals surface area contributed by atoms with Gasteiger partial charge in [-0.2, -0.15) is 31.4 Å². The van der Waals surface area contributed by atoms with Crippen LogP contribution in [0.2, 0.25) is 0 Å². The fraction of sp³-hybridized carbons (Fsp3) is 0.250. The minimum atomic E-state index is -5.03. The van der Waals surface area contributed by atoms with E-state index in [9.17, 15) is 31.1 Å². The second kappa shape index (κ2) is 9.71. The molecule has 0 radical (unpaired) electrons. The number of halogens is 6. The number of alkyl halides is 6. The number of esters is 1. The van der Waals surface area contributed by atoms with Crippen molar-refractivity contribution in [1.82, 2.24) is 10.4 Å². The minimum Gasteiger partial charge on any atom is -0.459 e. The quantitative estimate of drug-likeness (QED) is 0.167. The molecular weight excluding hydrogens is 442 g/mol. The fourth-order valence-electron chi connectivity index (χ4n) is 2.40. The number of pyridine rings is 1. The van der Waals surface area contributed by atoms with Gasteiger partial charge in [0.2, 0.25) is 0 Å². The standard InChI is InChI=1S/C20H18F6N4O2/c1-11(2)32-18(31)16(12-3-5-28-6-4-12)10-29-30-17(27)13-7-14(19(21,22)23)9-15(8-13)20(24,25)26/h3-11,29H,1-2H3,(H2,27,30)/b16-10+. The van der Waals surface area contributed by atoms with Crippen LogP contribution in [0.25, 0.3) is 5.57 Å². The van der Waals surface area contributed by atoms with E-state index >= 15 is 0 Å². The number of hydrazone groups is 1. The van der Waals surface area contributed by atoms with Crippen molar-refractivity contribution in [2.45, 2.75) is 32.3 Å². The summed E-state index contributed by atoms with van der Waals surface area (Å²) in [6.45, 7) is 3.25. The minimum absolute atomic E-state index is 0.0160. The van der Waals surface area contributed by atoms with Crippen LogP contribution in [0.1, 0.15) is 36.1 Å². The van der Waals surface area contributed by atoms with Gasteiger partial charge in [-0.15, -0.1) is 0 Å². The van der Waals surface area contributed by atoms with Crippen LogP contribution in [0.5, 0.6) is 0 Å². The van der Waals surface area contributed by atoms with E-state index in [4.69, 9.17) is 10.5 Å². The average Bonchev–Trinajstić information content (AvgIpc) is 2.69. The Morgan fingerprint density at radius 3 is 2.03 bits per heavy atom. The summed E-state index contributed by atoms with van der Waals surface area (Å²) in [4.78, 5) is 16.2. The Hall–Kier alpha value is -3.57. The van der Waals surface area contributed by atoms with Gasteiger partial charge in [0.15, 0.2) is 5.84 Å². The first-order valence-electron chi connectivity index (χ1n) is 8.99. The highest BCUT2D eigenvalue weighted by Gasteiger charge is 2.37. The molecule has 6 nitrogen and oxygen atoms in total. The molecule has 0 amide bonds. The molecule has 0 aliphatic heterocycles. The van der Waals surface area contributed by atoms with Gasteiger partial charge in [0.05, 0.1) is 22.8 Å². The maximum Gasteiger partial charge on any atom is 0.416 e. The molecule has 0 saturated carbocycles. The van der Waals surface area contributed by atoms with Crippen molar-refractivity contribution >= 4 is 17.4 Å². The van der Waals surface area contributed by atoms with E-state index < -0.39 is 47.0 Å². The number of amidine groups is 1. The molecule has 3 N–H and O–H groups in total. The molecule has 172 valence electrons. The number of ether oxygens (including phenoxy) is 1. The third-order valence-corrected chi connectivity index (χ3v) is 3.83. The number of nitrogens with two attached hydrogens (primary N) is 1. The number of carbonyl (C=O) groups excluding carboxylic acids is 1. The predicted octanol–water partition coefficient (Wildman–Crippen LogP) is 4.32. The lowest BCUT2D eigenvalue weighted by Gasteiger charge is -2.14. The lowest BCUT2D eigenvalue weighted by Crippen LogP contribution is -2.20. The van der Waals surface area contributed by atoms with E-state index in [1.54, 1.807) is 13.8 Å². The summed E-state index contributed by atoms with van der Waals surface area (Å²) < 4.78 is 83.2. The number of hydrogen-bond acceptors (Lipinski definition) is 5. The second-order valence-corrected chi connectivity index (χ2v) is 6.67. The van der Waals surface area contributed by atoms with Crippen LogP contribution in [0.15, 0.2) is 54.0 Å². The third kappa shape index (κ3) is 6.72. The summed E-state index contributed by atoms with van der Waals surface area (Å²) in [5.74, 6) is -1.41. The lowest BCUT2D eigenvalue weighted by molar-refractivity contribution is -0.143. The molecule has 0 saturated heterocycles. The van der Waals surface area contributed by atoms with Gasteiger partial charge < -0.3 is 10.5 Å². The van der Waals surface area contributed by atoms with Gasteiger partial charge >= 0.3 is 18.3 Å². The van der Waals surface area contributed by atoms with Crippen LogP contribution in [0.4, 0.5) is 26.3 Å². The Bertz CT molecular complexity index is 983. The van der Waals surface area contributed by atoms with E-state index in [1.165, 1.54) is 24.5 Å². The Kier molecular flexibility index (Phi) is 7.49. The van der Waals surface area contributed by atoms with Crippen molar-refractivity contribution in [2.75, 3.05) is 0 Å². The predicted molar refractivity (Wildman–Crippen MR) is 104 cm³/mol. The molecule has 1 heterocycles. The summed E-state index contributed by atoms with van der Waals surface area (Å²) in [6, 6.07) is 3.84. The maximum absolute atomic E-state index is 13.0. The summed E-state index contributed by atoms with van der Waals surface area (Å²) in [5, 5.41) is 3.58. The fourth-order valence-corrected chi connectivity index (χ4v) is 2.40. The topological polar surface area (TPSA) is 89.6 Å². The molecule has 0 aliphatic carbocycles. The van der Waals surface area contributed by atoms with Crippen molar-refractivity contribution in [1.29, 1.82) is 0 Å². The molecule has 1 aromatic heterocycles. The molecule has 1 aromatic carbocycles. The smallest absolute Gasteiger partial charge is 0.416 e. The Labute approximate surface area is 178 Å². The monoisotopic (exact) mass is 460 g/mol. The Morgan fingerprint density at radius 1 is 1.03 bits per heavy atom. The van der Waals surface area contributed by atoms with Crippen LogP contribution in [-0.2, 0) is 21.9 Å². The van der Waals surface area contributed by atoms with E-state index in [2.05, 4.69) is 15.5 Å². The van der Waals surface area contributed by atoms with Gasteiger partial charge in [0.25, 0.3) is 0 Å². The van der Waals surface area contributed by atoms with Crippen LogP contribution in [0.3, 0.4) is 0 Å². The molecule has 2 aromatic rings. The first kappa shape index (κ1) is 24.7. The SMILES string of the molecule is CC(C)OC(=O)/C(=C/N/N=C(\N)c1cc(C(F)(F)F)cc(C(F)(F)F)c1)c1ccncc1. The van der Waals surface area contributed by atoms with E-state index in [0.29, 0.717) is 17.7 Å². The highest BCUT2D eigenvalue weighted by Crippen LogP contribution is 2.36. The van der Waals surface area contributed by atoms with Gasteiger partial charge in [-0.25, -0.2) is 4.79 Å². The zero-order valence-corrected chi connectivity index (χ0v) is 16.8. The van der Waals surface area contributed by atoms with Gasteiger partial charge in [0, 0.05) is 24.2 Å². The van der Waals surface area contributed by atoms with Crippen molar-refractivity contribution < 1.29 is 35.9 Å². The Morgan fingerprint density at radius 2 is 1.56 bits per heavy atom. The number of rotatable bonds is 6. The molecule has 0 fully saturated rings. The van der Waals surface area contributed by atoms with E-state index in [0.717, 1.165) is 6.20 Å². The number of benzene rings is 1. The zero-order valence-electron chi connectivity index (χ0n) is 16.8. The van der Waals surface area contributed by atoms with Crippen LogP contribution in [0, 0.1) is 0 Å². The summed E-state index contributed by atoms with van der Waals surface area (Å²) in [5.41, 5.74) is 4.56. The largest absolute Gasteiger partial charge is 0.459 e. The highest BCUT2D eigenvalue weighted by atomic mass is 19.4. The Balaban J connectivity index is 2.41. The highest BCUT2D eigenvalue weighted by molar-refractivity contribution is 6.16. The van der Waals surface area contributed by atoms with Crippen molar-refractivity contribution in [3.8, 4) is 0 Å². The normalized spacial score (nSPS) is 13.3. The van der Waals surface area contributed by atoms with Gasteiger partial charge in [-0.05, 0) is 49.7 Å². The number of aromatic nitrogens is 1. The molecule has 2 rings (SSSR count). The number of nitrogens with zero attached hydrogens (tertiary/aromatic N) is 2. The average molecular weight is 460 g/mol. The number of carbonyl (C=O) groups is 1. The molecule has 32 heavy (non-hydrogen) atoms. The van der Waals surface area contributed by atoms with Crippen molar-refractivity contribution in [2.24, 2.45) is 10.8 Å². The maximum atomic E-state index is 13.0. The van der Waals surface area contributed by atoms with Gasteiger partial charge in [-0.3, -0.25) is 10.4 Å². The second-order valence-electron chi connectivity index (χ2n) is 6.67. The molecule has 0 spiro atoms. The molecular formula is C20H18F6N4O2. The third-order valence-electron chi connectivity index (χ3n) is 3.83. The van der Waals surface area contributed by atoms with Gasteiger partial charge in [-0.1, -0.05) is 0 Å². The number of hydrogen-bond donors (Lipinski definition) is 2. The first-order chi connectivity index (χ1) is 14.8.